The number of rotatable bonds is 7. The summed E-state index contributed by atoms with van der Waals surface area (Å²) in [6.07, 6.45) is 0.596. The van der Waals surface area contributed by atoms with E-state index in [1.165, 1.54) is 12.1 Å². The van der Waals surface area contributed by atoms with Crippen LogP contribution in [0.15, 0.2) is 51.8 Å². The van der Waals surface area contributed by atoms with Gasteiger partial charge in [-0.2, -0.15) is 0 Å². The van der Waals surface area contributed by atoms with E-state index in [4.69, 9.17) is 9.15 Å². The summed E-state index contributed by atoms with van der Waals surface area (Å²) < 4.78 is 39.6. The highest BCUT2D eigenvalue weighted by Crippen LogP contribution is 2.28. The van der Waals surface area contributed by atoms with Crippen molar-refractivity contribution in [3.8, 4) is 0 Å². The number of esters is 1. The average molecular weight is 513 g/mol. The molecular weight excluding hydrogens is 493 g/mol. The highest BCUT2D eigenvalue weighted by Gasteiger charge is 2.21. The number of nitrogens with one attached hydrogen (secondary N) is 1. The van der Waals surface area contributed by atoms with Gasteiger partial charge in [0, 0.05) is 21.1 Å². The number of aryl methyl sites for hydroxylation is 1. The van der Waals surface area contributed by atoms with Crippen LogP contribution >= 0.6 is 22.6 Å². The number of carbonyl (C=O) groups excluding carboxylic acids is 1. The summed E-state index contributed by atoms with van der Waals surface area (Å²) in [5.74, 6) is -0.464. The van der Waals surface area contributed by atoms with Crippen molar-refractivity contribution in [2.45, 2.75) is 25.2 Å². The Balaban J connectivity index is 1.80. The first-order valence-corrected chi connectivity index (χ1v) is 11.3. The Hall–Kier alpha value is -1.91. The normalized spacial score (nSPS) is 11.7. The van der Waals surface area contributed by atoms with Gasteiger partial charge in [0.15, 0.2) is 0 Å². The number of benzene rings is 2. The molecular formula is C20H20INO5S. The second-order valence-electron chi connectivity index (χ2n) is 6.17. The number of hydrogen-bond donors (Lipinski definition) is 1. The molecule has 1 heterocycles. The van der Waals surface area contributed by atoms with E-state index in [1.54, 1.807) is 19.9 Å². The van der Waals surface area contributed by atoms with Crippen molar-refractivity contribution in [2.75, 3.05) is 13.2 Å². The highest BCUT2D eigenvalue weighted by atomic mass is 127. The summed E-state index contributed by atoms with van der Waals surface area (Å²) in [5, 5.41) is 0.573. The fourth-order valence-corrected chi connectivity index (χ4v) is 4.58. The third-order valence-electron chi connectivity index (χ3n) is 4.32. The lowest BCUT2D eigenvalue weighted by atomic mass is 10.1. The summed E-state index contributed by atoms with van der Waals surface area (Å²) in [6.45, 7) is 3.94. The van der Waals surface area contributed by atoms with Crippen molar-refractivity contribution in [3.05, 3.63) is 62.9 Å². The van der Waals surface area contributed by atoms with Gasteiger partial charge in [0.25, 0.3) is 0 Å². The van der Waals surface area contributed by atoms with Gasteiger partial charge < -0.3 is 9.15 Å². The van der Waals surface area contributed by atoms with Crippen LogP contribution < -0.4 is 4.72 Å². The van der Waals surface area contributed by atoms with Gasteiger partial charge in [-0.25, -0.2) is 17.9 Å². The number of furan rings is 1. The van der Waals surface area contributed by atoms with Crippen molar-refractivity contribution in [3.63, 3.8) is 0 Å². The molecule has 3 rings (SSSR count). The van der Waals surface area contributed by atoms with Crippen molar-refractivity contribution >= 4 is 49.6 Å². The number of hydrogen-bond acceptors (Lipinski definition) is 5. The first-order chi connectivity index (χ1) is 13.3. The Bertz CT molecular complexity index is 1120. The molecule has 0 spiro atoms. The third kappa shape index (κ3) is 4.39. The summed E-state index contributed by atoms with van der Waals surface area (Å²) in [6, 6.07) is 12.4. The van der Waals surface area contributed by atoms with E-state index in [1.807, 2.05) is 24.3 Å². The van der Waals surface area contributed by atoms with Crippen molar-refractivity contribution in [2.24, 2.45) is 0 Å². The lowest BCUT2D eigenvalue weighted by Crippen LogP contribution is -2.26. The lowest BCUT2D eigenvalue weighted by Gasteiger charge is -2.08. The number of sulfonamides is 1. The van der Waals surface area contributed by atoms with Crippen LogP contribution in [0.5, 0.6) is 0 Å². The molecule has 0 fully saturated rings. The van der Waals surface area contributed by atoms with E-state index in [2.05, 4.69) is 27.3 Å². The maximum atomic E-state index is 12.7. The summed E-state index contributed by atoms with van der Waals surface area (Å²) in [4.78, 5) is 12.1. The summed E-state index contributed by atoms with van der Waals surface area (Å²) in [7, 11) is -3.68. The zero-order chi connectivity index (χ0) is 20.3. The van der Waals surface area contributed by atoms with Crippen molar-refractivity contribution in [1.82, 2.24) is 4.72 Å². The van der Waals surface area contributed by atoms with Crippen LogP contribution in [0, 0.1) is 10.5 Å². The molecule has 8 heteroatoms. The monoisotopic (exact) mass is 513 g/mol. The molecule has 0 unspecified atom stereocenters. The van der Waals surface area contributed by atoms with Crippen LogP contribution in [0.25, 0.3) is 11.0 Å². The second-order valence-corrected chi connectivity index (χ2v) is 9.10. The fourth-order valence-electron chi connectivity index (χ4n) is 2.86. The molecule has 0 aliphatic rings. The molecule has 2 aromatic carbocycles. The Kier molecular flexibility index (Phi) is 6.41. The largest absolute Gasteiger partial charge is 0.460 e. The number of halogens is 1. The Labute approximate surface area is 177 Å². The van der Waals surface area contributed by atoms with Crippen molar-refractivity contribution in [1.29, 1.82) is 0 Å². The molecule has 0 radical (unpaired) electrons. The third-order valence-corrected chi connectivity index (χ3v) is 6.83. The molecule has 0 amide bonds. The van der Waals surface area contributed by atoms with Gasteiger partial charge >= 0.3 is 5.97 Å². The maximum absolute atomic E-state index is 12.7. The lowest BCUT2D eigenvalue weighted by molar-refractivity contribution is 0.0491. The van der Waals surface area contributed by atoms with Gasteiger partial charge in [-0.1, -0.05) is 18.2 Å². The van der Waals surface area contributed by atoms with Crippen LogP contribution in [0.4, 0.5) is 0 Å². The first kappa shape index (κ1) is 20.8. The molecule has 0 aliphatic carbocycles. The quantitative estimate of drug-likeness (QED) is 0.381. The molecule has 0 saturated heterocycles. The standard InChI is InChI=1S/C20H20INO5S/c1-3-26-20(23)19-13(2)16-12-15(8-9-18(16)27-19)28(24,25)22-11-10-14-6-4-5-7-17(14)21/h4-9,12,22H,3,10-11H2,1-2H3. The Morgan fingerprint density at radius 2 is 1.96 bits per heavy atom. The number of ether oxygens (including phenoxy) is 1. The SMILES string of the molecule is CCOC(=O)c1oc2ccc(S(=O)(=O)NCCc3ccccc3I)cc2c1C. The zero-order valence-corrected chi connectivity index (χ0v) is 18.5. The van der Waals surface area contributed by atoms with E-state index in [9.17, 15) is 13.2 Å². The van der Waals surface area contributed by atoms with Crippen LogP contribution in [0.1, 0.15) is 28.6 Å². The topological polar surface area (TPSA) is 85.6 Å². The van der Waals surface area contributed by atoms with Gasteiger partial charge in [-0.3, -0.25) is 0 Å². The minimum Gasteiger partial charge on any atom is -0.460 e. The fraction of sp³-hybridized carbons (Fsp3) is 0.250. The highest BCUT2D eigenvalue weighted by molar-refractivity contribution is 14.1. The minimum atomic E-state index is -3.68. The average Bonchev–Trinajstić information content (AvgIpc) is 3.00. The molecule has 6 nitrogen and oxygen atoms in total. The van der Waals surface area contributed by atoms with Crippen LogP contribution in [-0.4, -0.2) is 27.5 Å². The van der Waals surface area contributed by atoms with Crippen LogP contribution in [0.2, 0.25) is 0 Å². The van der Waals surface area contributed by atoms with E-state index in [-0.39, 0.29) is 17.3 Å². The predicted molar refractivity (Wildman–Crippen MR) is 115 cm³/mol. The van der Waals surface area contributed by atoms with Crippen LogP contribution in [0.3, 0.4) is 0 Å². The molecule has 1 aromatic heterocycles. The Morgan fingerprint density at radius 1 is 1.21 bits per heavy atom. The Morgan fingerprint density at radius 3 is 2.68 bits per heavy atom. The molecule has 3 aromatic rings. The summed E-state index contributed by atoms with van der Waals surface area (Å²) >= 11 is 2.23. The maximum Gasteiger partial charge on any atom is 0.374 e. The van der Waals surface area contributed by atoms with E-state index < -0.39 is 16.0 Å². The zero-order valence-electron chi connectivity index (χ0n) is 15.5. The second kappa shape index (κ2) is 8.62. The van der Waals surface area contributed by atoms with Gasteiger partial charge in [-0.05, 0) is 72.7 Å². The van der Waals surface area contributed by atoms with Crippen LogP contribution in [-0.2, 0) is 21.2 Å². The van der Waals surface area contributed by atoms with E-state index in [0.29, 0.717) is 29.5 Å². The number of fused-ring (bicyclic) bond motifs is 1. The first-order valence-electron chi connectivity index (χ1n) is 8.77. The minimum absolute atomic E-state index is 0.0954. The van der Waals surface area contributed by atoms with Crippen molar-refractivity contribution < 1.29 is 22.4 Å². The van der Waals surface area contributed by atoms with Gasteiger partial charge in [-0.15, -0.1) is 0 Å². The number of carbonyl (C=O) groups is 1. The van der Waals surface area contributed by atoms with Gasteiger partial charge in [0.2, 0.25) is 15.8 Å². The van der Waals surface area contributed by atoms with E-state index >= 15 is 0 Å². The molecule has 0 bridgehead atoms. The molecule has 148 valence electrons. The smallest absolute Gasteiger partial charge is 0.374 e. The molecule has 0 saturated carbocycles. The van der Waals surface area contributed by atoms with Gasteiger partial charge in [0.1, 0.15) is 5.58 Å². The predicted octanol–water partition coefficient (Wildman–Crippen LogP) is 4.04. The molecule has 28 heavy (non-hydrogen) atoms. The molecule has 1 N–H and O–H groups in total. The van der Waals surface area contributed by atoms with E-state index in [0.717, 1.165) is 9.13 Å². The molecule has 0 atom stereocenters. The van der Waals surface area contributed by atoms with Gasteiger partial charge in [0.05, 0.1) is 11.5 Å². The summed E-state index contributed by atoms with van der Waals surface area (Å²) in [5.41, 5.74) is 2.09. The molecule has 0 aliphatic heterocycles.